The molecular formula is C11H11FN4O2S. The number of carbonyl (C=O) groups is 1. The Kier molecular flexibility index (Phi) is 3.70. The van der Waals surface area contributed by atoms with Crippen LogP contribution in [-0.4, -0.2) is 31.6 Å². The zero-order chi connectivity index (χ0) is 14.0. The number of aliphatic carboxylic acids is 1. The summed E-state index contributed by atoms with van der Waals surface area (Å²) in [6.45, 7) is 1.77. The Balaban J connectivity index is 2.43. The van der Waals surface area contributed by atoms with E-state index in [-0.39, 0.29) is 22.5 Å². The van der Waals surface area contributed by atoms with Crippen LogP contribution in [0.25, 0.3) is 5.69 Å². The number of anilines is 1. The number of aryl methyl sites for hydroxylation is 1. The molecule has 0 aliphatic carbocycles. The lowest BCUT2D eigenvalue weighted by atomic mass is 10.2. The predicted octanol–water partition coefficient (Wildman–Crippen LogP) is 1.47. The Bertz CT molecular complexity index is 629. The van der Waals surface area contributed by atoms with Crippen LogP contribution >= 0.6 is 11.8 Å². The van der Waals surface area contributed by atoms with Crippen LogP contribution < -0.4 is 5.73 Å². The smallest absolute Gasteiger partial charge is 0.313 e. The van der Waals surface area contributed by atoms with Crippen molar-refractivity contribution in [1.29, 1.82) is 0 Å². The maximum absolute atomic E-state index is 13.9. The minimum atomic E-state index is -0.998. The Morgan fingerprint density at radius 3 is 2.89 bits per heavy atom. The highest BCUT2D eigenvalue weighted by Gasteiger charge is 2.16. The fourth-order valence-electron chi connectivity index (χ4n) is 1.52. The van der Waals surface area contributed by atoms with Crippen molar-refractivity contribution in [2.75, 3.05) is 11.5 Å². The highest BCUT2D eigenvalue weighted by atomic mass is 32.2. The third-order valence-corrected chi connectivity index (χ3v) is 3.24. The molecular weight excluding hydrogens is 271 g/mol. The molecule has 0 fully saturated rings. The van der Waals surface area contributed by atoms with Crippen molar-refractivity contribution in [3.05, 3.63) is 29.6 Å². The first-order valence-electron chi connectivity index (χ1n) is 5.31. The zero-order valence-corrected chi connectivity index (χ0v) is 10.8. The molecule has 0 aliphatic heterocycles. The summed E-state index contributed by atoms with van der Waals surface area (Å²) >= 11 is 0.927. The molecule has 19 heavy (non-hydrogen) atoms. The van der Waals surface area contributed by atoms with Gasteiger partial charge in [0.2, 0.25) is 5.95 Å². The van der Waals surface area contributed by atoms with E-state index >= 15 is 0 Å². The minimum absolute atomic E-state index is 0.00985. The summed E-state index contributed by atoms with van der Waals surface area (Å²) in [5.74, 6) is -1.66. The lowest BCUT2D eigenvalue weighted by Crippen LogP contribution is -2.06. The molecule has 0 bridgehead atoms. The third-order valence-electron chi connectivity index (χ3n) is 2.33. The largest absolute Gasteiger partial charge is 0.481 e. The zero-order valence-electron chi connectivity index (χ0n) is 10.00. The molecule has 2 rings (SSSR count). The molecule has 0 spiro atoms. The van der Waals surface area contributed by atoms with E-state index in [1.165, 1.54) is 10.6 Å². The monoisotopic (exact) mass is 282 g/mol. The van der Waals surface area contributed by atoms with Gasteiger partial charge in [0, 0.05) is 0 Å². The van der Waals surface area contributed by atoms with Crippen LogP contribution in [0.15, 0.2) is 23.4 Å². The van der Waals surface area contributed by atoms with E-state index in [0.717, 1.165) is 17.3 Å². The first kappa shape index (κ1) is 13.3. The fourth-order valence-corrected chi connectivity index (χ4v) is 2.19. The molecule has 0 radical (unpaired) electrons. The number of hydrogen-bond donors (Lipinski definition) is 2. The standard InChI is InChI=1S/C11H11FN4O2S/c1-6-2-3-8(7(12)4-6)16-10(13)14-15-11(16)19-5-9(17)18/h2-4H,5H2,1H3,(H2,13,14)(H,17,18). The number of halogens is 1. The van der Waals surface area contributed by atoms with Crippen molar-refractivity contribution < 1.29 is 14.3 Å². The average molecular weight is 282 g/mol. The van der Waals surface area contributed by atoms with Crippen molar-refractivity contribution in [2.45, 2.75) is 12.1 Å². The molecule has 100 valence electrons. The molecule has 0 amide bonds. The molecule has 2 aromatic rings. The molecule has 1 heterocycles. The summed E-state index contributed by atoms with van der Waals surface area (Å²) in [5, 5.41) is 16.3. The topological polar surface area (TPSA) is 94.0 Å². The van der Waals surface area contributed by atoms with E-state index < -0.39 is 11.8 Å². The molecule has 0 unspecified atom stereocenters. The normalized spacial score (nSPS) is 10.6. The summed E-state index contributed by atoms with van der Waals surface area (Å²) in [7, 11) is 0. The second-order valence-electron chi connectivity index (χ2n) is 3.81. The van der Waals surface area contributed by atoms with Crippen LogP contribution in [0.4, 0.5) is 10.3 Å². The molecule has 6 nitrogen and oxygen atoms in total. The van der Waals surface area contributed by atoms with Crippen LogP contribution in [0.2, 0.25) is 0 Å². The molecule has 8 heteroatoms. The summed E-state index contributed by atoms with van der Waals surface area (Å²) in [5.41, 5.74) is 6.61. The number of aromatic nitrogens is 3. The summed E-state index contributed by atoms with van der Waals surface area (Å²) in [6, 6.07) is 4.64. The van der Waals surface area contributed by atoms with Gasteiger partial charge in [-0.3, -0.25) is 9.36 Å². The highest BCUT2D eigenvalue weighted by molar-refractivity contribution is 7.99. The number of nitrogens with two attached hydrogens (primary N) is 1. The summed E-state index contributed by atoms with van der Waals surface area (Å²) in [6.07, 6.45) is 0. The van der Waals surface area contributed by atoms with E-state index in [1.807, 2.05) is 0 Å². The number of benzene rings is 1. The molecule has 0 aliphatic rings. The number of nitrogens with zero attached hydrogens (tertiary/aromatic N) is 3. The Hall–Kier alpha value is -2.09. The lowest BCUT2D eigenvalue weighted by Gasteiger charge is -2.08. The van der Waals surface area contributed by atoms with Gasteiger partial charge >= 0.3 is 5.97 Å². The highest BCUT2D eigenvalue weighted by Crippen LogP contribution is 2.25. The van der Waals surface area contributed by atoms with Gasteiger partial charge in [-0.15, -0.1) is 10.2 Å². The number of hydrogen-bond acceptors (Lipinski definition) is 5. The average Bonchev–Trinajstić information content (AvgIpc) is 2.68. The summed E-state index contributed by atoms with van der Waals surface area (Å²) < 4.78 is 15.2. The van der Waals surface area contributed by atoms with E-state index in [4.69, 9.17) is 10.8 Å². The molecule has 0 saturated heterocycles. The number of carboxylic acid groups (broad SMARTS) is 1. The first-order valence-corrected chi connectivity index (χ1v) is 6.29. The Morgan fingerprint density at radius 1 is 1.53 bits per heavy atom. The van der Waals surface area contributed by atoms with Gasteiger partial charge in [0.15, 0.2) is 5.16 Å². The molecule has 1 aromatic heterocycles. The minimum Gasteiger partial charge on any atom is -0.481 e. The van der Waals surface area contributed by atoms with Crippen LogP contribution in [0.3, 0.4) is 0 Å². The summed E-state index contributed by atoms with van der Waals surface area (Å²) in [4.78, 5) is 10.6. The Morgan fingerprint density at radius 2 is 2.26 bits per heavy atom. The molecule has 1 aromatic carbocycles. The molecule has 0 atom stereocenters. The van der Waals surface area contributed by atoms with Crippen LogP contribution in [0.1, 0.15) is 5.56 Å². The van der Waals surface area contributed by atoms with Gasteiger partial charge in [-0.2, -0.15) is 0 Å². The maximum atomic E-state index is 13.9. The number of nitrogen functional groups attached to an aromatic ring is 1. The quantitative estimate of drug-likeness (QED) is 0.825. The van der Waals surface area contributed by atoms with Crippen molar-refractivity contribution in [1.82, 2.24) is 14.8 Å². The molecule has 3 N–H and O–H groups in total. The molecule has 0 saturated carbocycles. The Labute approximate surface area is 112 Å². The van der Waals surface area contributed by atoms with Crippen LogP contribution in [0.5, 0.6) is 0 Å². The number of rotatable bonds is 4. The van der Waals surface area contributed by atoms with Gasteiger partial charge in [0.25, 0.3) is 0 Å². The van der Waals surface area contributed by atoms with Crippen molar-refractivity contribution >= 4 is 23.7 Å². The van der Waals surface area contributed by atoms with Crippen molar-refractivity contribution in [3.63, 3.8) is 0 Å². The second kappa shape index (κ2) is 5.27. The van der Waals surface area contributed by atoms with E-state index in [1.54, 1.807) is 19.1 Å². The van der Waals surface area contributed by atoms with Crippen LogP contribution in [0, 0.1) is 12.7 Å². The first-order chi connectivity index (χ1) is 8.99. The maximum Gasteiger partial charge on any atom is 0.313 e. The second-order valence-corrected chi connectivity index (χ2v) is 4.76. The third kappa shape index (κ3) is 2.84. The van der Waals surface area contributed by atoms with E-state index in [2.05, 4.69) is 10.2 Å². The number of thioether (sulfide) groups is 1. The van der Waals surface area contributed by atoms with Gasteiger partial charge in [-0.25, -0.2) is 4.39 Å². The van der Waals surface area contributed by atoms with Gasteiger partial charge in [0.1, 0.15) is 5.82 Å². The van der Waals surface area contributed by atoms with Crippen molar-refractivity contribution in [2.24, 2.45) is 0 Å². The van der Waals surface area contributed by atoms with E-state index in [0.29, 0.717) is 0 Å². The van der Waals surface area contributed by atoms with Gasteiger partial charge in [-0.05, 0) is 24.6 Å². The van der Waals surface area contributed by atoms with Crippen molar-refractivity contribution in [3.8, 4) is 5.69 Å². The predicted molar refractivity (Wildman–Crippen MR) is 68.8 cm³/mol. The fraction of sp³-hybridized carbons (Fsp3) is 0.182. The lowest BCUT2D eigenvalue weighted by molar-refractivity contribution is -0.133. The number of carboxylic acids is 1. The van der Waals surface area contributed by atoms with Gasteiger partial charge < -0.3 is 10.8 Å². The SMILES string of the molecule is Cc1ccc(-n2c(N)nnc2SCC(=O)O)c(F)c1. The van der Waals surface area contributed by atoms with Crippen LogP contribution in [-0.2, 0) is 4.79 Å². The van der Waals surface area contributed by atoms with E-state index in [9.17, 15) is 9.18 Å². The van der Waals surface area contributed by atoms with Gasteiger partial charge in [0.05, 0.1) is 11.4 Å². The van der Waals surface area contributed by atoms with Gasteiger partial charge in [-0.1, -0.05) is 17.8 Å².